The third-order valence-corrected chi connectivity index (χ3v) is 7.54. The lowest BCUT2D eigenvalue weighted by molar-refractivity contribution is 0.203. The van der Waals surface area contributed by atoms with Crippen molar-refractivity contribution < 1.29 is 5.11 Å². The Morgan fingerprint density at radius 3 is 2.39 bits per heavy atom. The Hall–Kier alpha value is -1.06. The van der Waals surface area contributed by atoms with Crippen LogP contribution in [0.5, 0.6) is 0 Å². The molecule has 3 fully saturated rings. The number of aliphatic hydroxyl groups excluding tert-OH is 1. The van der Waals surface area contributed by atoms with Crippen LogP contribution in [0.1, 0.15) is 57.4 Å². The number of aliphatic hydroxyl groups is 1. The van der Waals surface area contributed by atoms with Crippen LogP contribution < -0.4 is 15.5 Å². The van der Waals surface area contributed by atoms with Gasteiger partial charge in [0.15, 0.2) is 5.96 Å². The molecule has 1 unspecified atom stereocenters. The highest BCUT2D eigenvalue weighted by atomic mass is 127. The minimum Gasteiger partial charge on any atom is -0.396 e. The molecule has 3 N–H and O–H groups in total. The molecule has 4 rings (SSSR count). The molecule has 186 valence electrons. The highest BCUT2D eigenvalue weighted by molar-refractivity contribution is 14.0. The number of benzene rings is 1. The second-order valence-electron chi connectivity index (χ2n) is 10.0. The molecule has 1 atom stereocenters. The molecule has 2 saturated heterocycles. The van der Waals surface area contributed by atoms with Gasteiger partial charge in [-0.2, -0.15) is 0 Å². The van der Waals surface area contributed by atoms with Crippen molar-refractivity contribution in [2.24, 2.45) is 16.8 Å². The van der Waals surface area contributed by atoms with Crippen LogP contribution in [-0.2, 0) is 6.54 Å². The van der Waals surface area contributed by atoms with E-state index < -0.39 is 0 Å². The third kappa shape index (κ3) is 7.99. The van der Waals surface area contributed by atoms with Crippen molar-refractivity contribution in [3.05, 3.63) is 29.8 Å². The van der Waals surface area contributed by atoms with E-state index in [2.05, 4.69) is 51.6 Å². The van der Waals surface area contributed by atoms with Gasteiger partial charge in [0.1, 0.15) is 0 Å². The predicted octanol–water partition coefficient (Wildman–Crippen LogP) is 3.83. The first kappa shape index (κ1) is 26.5. The highest BCUT2D eigenvalue weighted by Crippen LogP contribution is 2.27. The van der Waals surface area contributed by atoms with E-state index in [0.29, 0.717) is 25.1 Å². The molecule has 33 heavy (non-hydrogen) atoms. The number of nitrogens with zero attached hydrogens (tertiary/aromatic N) is 3. The van der Waals surface area contributed by atoms with Crippen molar-refractivity contribution in [3.8, 4) is 0 Å². The highest BCUT2D eigenvalue weighted by Gasteiger charge is 2.26. The Morgan fingerprint density at radius 1 is 1.00 bits per heavy atom. The van der Waals surface area contributed by atoms with Gasteiger partial charge in [-0.15, -0.1) is 24.0 Å². The minimum absolute atomic E-state index is 0. The molecule has 0 amide bonds. The number of likely N-dealkylation sites (tertiary alicyclic amines) is 1. The molecule has 1 aromatic rings. The standard InChI is InChI=1S/C26H43N5O.HI/c1-2-27-26(29-24-13-14-30(19-24)18-22-5-3-4-6-22)28-17-21-7-9-25(10-8-21)31-15-11-23(20-32)12-16-31;/h7-10,22-24,32H,2-6,11-20H2,1H3,(H2,27,28,29);1H. The molecular weight excluding hydrogens is 525 g/mol. The summed E-state index contributed by atoms with van der Waals surface area (Å²) >= 11 is 0. The van der Waals surface area contributed by atoms with Gasteiger partial charge in [0, 0.05) is 57.6 Å². The van der Waals surface area contributed by atoms with E-state index >= 15 is 0 Å². The van der Waals surface area contributed by atoms with Gasteiger partial charge in [-0.05, 0) is 68.6 Å². The number of halogens is 1. The van der Waals surface area contributed by atoms with E-state index in [1.807, 2.05) is 0 Å². The van der Waals surface area contributed by atoms with E-state index in [0.717, 1.165) is 50.9 Å². The molecule has 1 saturated carbocycles. The number of rotatable bonds is 8. The molecule has 0 bridgehead atoms. The zero-order chi connectivity index (χ0) is 22.2. The number of piperidine rings is 1. The van der Waals surface area contributed by atoms with E-state index in [-0.39, 0.29) is 24.0 Å². The lowest BCUT2D eigenvalue weighted by Crippen LogP contribution is -2.44. The Bertz CT molecular complexity index is 714. The van der Waals surface area contributed by atoms with Crippen LogP contribution in [0, 0.1) is 11.8 Å². The maximum absolute atomic E-state index is 9.34. The summed E-state index contributed by atoms with van der Waals surface area (Å²) in [6, 6.07) is 9.36. The van der Waals surface area contributed by atoms with Crippen molar-refractivity contribution in [1.29, 1.82) is 0 Å². The van der Waals surface area contributed by atoms with Gasteiger partial charge >= 0.3 is 0 Å². The zero-order valence-corrected chi connectivity index (χ0v) is 22.7. The Labute approximate surface area is 217 Å². The van der Waals surface area contributed by atoms with Crippen LogP contribution in [-0.4, -0.2) is 67.9 Å². The van der Waals surface area contributed by atoms with Crippen LogP contribution in [0.25, 0.3) is 0 Å². The number of aliphatic imine (C=N–C) groups is 1. The summed E-state index contributed by atoms with van der Waals surface area (Å²) in [6.07, 6.45) is 9.09. The number of anilines is 1. The summed E-state index contributed by atoms with van der Waals surface area (Å²) in [5, 5.41) is 16.5. The number of guanidine groups is 1. The van der Waals surface area contributed by atoms with Gasteiger partial charge in [0.25, 0.3) is 0 Å². The topological polar surface area (TPSA) is 63.1 Å². The summed E-state index contributed by atoms with van der Waals surface area (Å²) in [7, 11) is 0. The number of hydrogen-bond donors (Lipinski definition) is 3. The van der Waals surface area contributed by atoms with Crippen LogP contribution >= 0.6 is 24.0 Å². The van der Waals surface area contributed by atoms with Crippen molar-refractivity contribution in [2.45, 2.75) is 64.5 Å². The molecule has 0 spiro atoms. The van der Waals surface area contributed by atoms with Gasteiger partial charge in [-0.25, -0.2) is 4.99 Å². The van der Waals surface area contributed by atoms with Crippen molar-refractivity contribution in [1.82, 2.24) is 15.5 Å². The Morgan fingerprint density at radius 2 is 1.73 bits per heavy atom. The molecule has 2 heterocycles. The van der Waals surface area contributed by atoms with Crippen LogP contribution in [0.15, 0.2) is 29.3 Å². The molecule has 0 aromatic heterocycles. The summed E-state index contributed by atoms with van der Waals surface area (Å²) in [5.41, 5.74) is 2.53. The SMILES string of the molecule is CCNC(=NCc1ccc(N2CCC(CO)CC2)cc1)NC1CCN(CC2CCCC2)C1.I. The first-order valence-electron chi connectivity index (χ1n) is 13.0. The fourth-order valence-electron chi connectivity index (χ4n) is 5.54. The Balaban J connectivity index is 0.00000306. The lowest BCUT2D eigenvalue weighted by atomic mass is 9.97. The molecule has 0 radical (unpaired) electrons. The van der Waals surface area contributed by atoms with Crippen LogP contribution in [0.2, 0.25) is 0 Å². The summed E-state index contributed by atoms with van der Waals surface area (Å²) in [6.45, 7) is 9.75. The fourth-order valence-corrected chi connectivity index (χ4v) is 5.54. The van der Waals surface area contributed by atoms with E-state index in [4.69, 9.17) is 4.99 Å². The molecular formula is C26H44IN5O. The maximum Gasteiger partial charge on any atom is 0.191 e. The largest absolute Gasteiger partial charge is 0.396 e. The molecule has 1 aromatic carbocycles. The first-order chi connectivity index (χ1) is 15.7. The van der Waals surface area contributed by atoms with Gasteiger partial charge < -0.3 is 25.5 Å². The summed E-state index contributed by atoms with van der Waals surface area (Å²) in [4.78, 5) is 9.96. The van der Waals surface area contributed by atoms with E-state index in [1.54, 1.807) is 0 Å². The van der Waals surface area contributed by atoms with E-state index in [9.17, 15) is 5.11 Å². The van der Waals surface area contributed by atoms with E-state index in [1.165, 1.54) is 56.4 Å². The first-order valence-corrected chi connectivity index (χ1v) is 13.0. The van der Waals surface area contributed by atoms with Gasteiger partial charge in [0.05, 0.1) is 6.54 Å². The fraction of sp³-hybridized carbons (Fsp3) is 0.731. The van der Waals surface area contributed by atoms with Crippen LogP contribution in [0.3, 0.4) is 0 Å². The van der Waals surface area contributed by atoms with Gasteiger partial charge in [0.2, 0.25) is 0 Å². The zero-order valence-electron chi connectivity index (χ0n) is 20.3. The molecule has 6 nitrogen and oxygen atoms in total. The number of hydrogen-bond acceptors (Lipinski definition) is 4. The monoisotopic (exact) mass is 569 g/mol. The molecule has 2 aliphatic heterocycles. The summed E-state index contributed by atoms with van der Waals surface area (Å²) < 4.78 is 0. The third-order valence-electron chi connectivity index (χ3n) is 7.54. The predicted molar refractivity (Wildman–Crippen MR) is 149 cm³/mol. The smallest absolute Gasteiger partial charge is 0.191 e. The molecule has 3 aliphatic rings. The van der Waals surface area contributed by atoms with Crippen molar-refractivity contribution in [2.75, 3.05) is 50.8 Å². The van der Waals surface area contributed by atoms with Crippen molar-refractivity contribution in [3.63, 3.8) is 0 Å². The second kappa shape index (κ2) is 13.7. The van der Waals surface area contributed by atoms with Crippen LogP contribution in [0.4, 0.5) is 5.69 Å². The van der Waals surface area contributed by atoms with Gasteiger partial charge in [-0.1, -0.05) is 25.0 Å². The maximum atomic E-state index is 9.34. The average Bonchev–Trinajstić information content (AvgIpc) is 3.50. The average molecular weight is 570 g/mol. The summed E-state index contributed by atoms with van der Waals surface area (Å²) in [5.74, 6) is 2.35. The Kier molecular flexibility index (Phi) is 11.0. The van der Waals surface area contributed by atoms with Crippen molar-refractivity contribution >= 4 is 35.6 Å². The van der Waals surface area contributed by atoms with Gasteiger partial charge in [-0.3, -0.25) is 0 Å². The quantitative estimate of drug-likeness (QED) is 0.253. The molecule has 7 heteroatoms. The number of nitrogens with one attached hydrogen (secondary N) is 2. The lowest BCUT2D eigenvalue weighted by Gasteiger charge is -2.32. The minimum atomic E-state index is 0. The normalized spacial score (nSPS) is 23.0. The molecule has 1 aliphatic carbocycles. The second-order valence-corrected chi connectivity index (χ2v) is 10.0.